The lowest BCUT2D eigenvalue weighted by atomic mass is 9.93. The van der Waals surface area contributed by atoms with Gasteiger partial charge < -0.3 is 0 Å². The second kappa shape index (κ2) is 5.09. The highest BCUT2D eigenvalue weighted by molar-refractivity contribution is 6.00. The van der Waals surface area contributed by atoms with Crippen LogP contribution in [0.3, 0.4) is 0 Å². The number of nitrogens with zero attached hydrogens (tertiary/aromatic N) is 1. The summed E-state index contributed by atoms with van der Waals surface area (Å²) in [6.45, 7) is 13.4. The smallest absolute Gasteiger partial charge is 0.177 e. The van der Waals surface area contributed by atoms with Crippen molar-refractivity contribution in [3.05, 3.63) is 34.4 Å². The van der Waals surface area contributed by atoms with E-state index in [1.807, 2.05) is 13.8 Å². The number of carbonyl (C=O) groups is 1. The molecule has 2 heteroatoms. The molecule has 0 bridgehead atoms. The van der Waals surface area contributed by atoms with Crippen molar-refractivity contribution in [2.75, 3.05) is 19.6 Å². The van der Waals surface area contributed by atoms with Gasteiger partial charge in [-0.2, -0.15) is 0 Å². The van der Waals surface area contributed by atoms with Gasteiger partial charge in [0.15, 0.2) is 5.78 Å². The number of Topliss-reactive ketones (excluding diaryl/α,β-unsaturated/α-hetero) is 1. The van der Waals surface area contributed by atoms with Gasteiger partial charge in [0.05, 0.1) is 6.54 Å². The summed E-state index contributed by atoms with van der Waals surface area (Å²) < 4.78 is 0. The number of likely N-dealkylation sites (tertiary alicyclic amines) is 1. The Balaban J connectivity index is 2.13. The fraction of sp³-hybridized carbons (Fsp3) is 0.588. The van der Waals surface area contributed by atoms with Gasteiger partial charge in [-0.3, -0.25) is 9.69 Å². The first-order valence-electron chi connectivity index (χ1n) is 7.12. The third-order valence-corrected chi connectivity index (χ3v) is 4.08. The van der Waals surface area contributed by atoms with Crippen molar-refractivity contribution in [1.82, 2.24) is 4.90 Å². The van der Waals surface area contributed by atoms with Gasteiger partial charge in [0.2, 0.25) is 0 Å². The van der Waals surface area contributed by atoms with Crippen molar-refractivity contribution in [3.8, 4) is 0 Å². The summed E-state index contributed by atoms with van der Waals surface area (Å²) in [4.78, 5) is 14.8. The van der Waals surface area contributed by atoms with Gasteiger partial charge in [-0.05, 0) is 50.3 Å². The van der Waals surface area contributed by atoms with Gasteiger partial charge in [-0.25, -0.2) is 0 Å². The molecule has 1 aliphatic heterocycles. The third kappa shape index (κ3) is 3.24. The van der Waals surface area contributed by atoms with Crippen LogP contribution < -0.4 is 0 Å². The summed E-state index contributed by atoms with van der Waals surface area (Å²) >= 11 is 0. The summed E-state index contributed by atoms with van der Waals surface area (Å²) in [5.74, 6) is 0.271. The van der Waals surface area contributed by atoms with Gasteiger partial charge >= 0.3 is 0 Å². The van der Waals surface area contributed by atoms with E-state index in [1.54, 1.807) is 0 Å². The van der Waals surface area contributed by atoms with Crippen molar-refractivity contribution in [3.63, 3.8) is 0 Å². The molecule has 1 aromatic carbocycles. The molecule has 104 valence electrons. The molecule has 1 aromatic rings. The Morgan fingerprint density at radius 3 is 2.26 bits per heavy atom. The summed E-state index contributed by atoms with van der Waals surface area (Å²) in [5.41, 5.74) is 4.74. The highest BCUT2D eigenvalue weighted by atomic mass is 16.1. The van der Waals surface area contributed by atoms with E-state index in [4.69, 9.17) is 0 Å². The van der Waals surface area contributed by atoms with Crippen LogP contribution in [0.5, 0.6) is 0 Å². The van der Waals surface area contributed by atoms with Gasteiger partial charge in [0, 0.05) is 12.1 Å². The van der Waals surface area contributed by atoms with Gasteiger partial charge in [0.25, 0.3) is 0 Å². The zero-order valence-corrected chi connectivity index (χ0v) is 12.8. The van der Waals surface area contributed by atoms with E-state index in [-0.39, 0.29) is 5.78 Å². The molecule has 0 aliphatic carbocycles. The molecule has 2 rings (SSSR count). The molecule has 0 radical (unpaired) electrons. The lowest BCUT2D eigenvalue weighted by Crippen LogP contribution is -2.30. The second-order valence-electron chi connectivity index (χ2n) is 6.82. The third-order valence-electron chi connectivity index (χ3n) is 4.08. The van der Waals surface area contributed by atoms with E-state index in [2.05, 4.69) is 37.8 Å². The maximum absolute atomic E-state index is 12.5. The van der Waals surface area contributed by atoms with Crippen molar-refractivity contribution in [2.24, 2.45) is 5.41 Å². The quantitative estimate of drug-likeness (QED) is 0.774. The Morgan fingerprint density at radius 2 is 1.79 bits per heavy atom. The topological polar surface area (TPSA) is 20.3 Å². The standard InChI is InChI=1S/C17H25NO/c1-12-8-13(2)16(14(3)9-12)15(19)10-18-7-6-17(4,5)11-18/h8-9H,6-7,10-11H2,1-5H3. The molecule has 0 unspecified atom stereocenters. The first-order valence-corrected chi connectivity index (χ1v) is 7.12. The van der Waals surface area contributed by atoms with Gasteiger partial charge in [-0.1, -0.05) is 31.5 Å². The zero-order valence-electron chi connectivity index (χ0n) is 12.8. The van der Waals surface area contributed by atoms with Crippen LogP contribution in [0.2, 0.25) is 0 Å². The van der Waals surface area contributed by atoms with Gasteiger partial charge in [-0.15, -0.1) is 0 Å². The maximum Gasteiger partial charge on any atom is 0.177 e. The molecular weight excluding hydrogens is 234 g/mol. The summed E-state index contributed by atoms with van der Waals surface area (Å²) in [7, 11) is 0. The van der Waals surface area contributed by atoms with Crippen molar-refractivity contribution in [2.45, 2.75) is 41.0 Å². The largest absolute Gasteiger partial charge is 0.295 e. The van der Waals surface area contributed by atoms with E-state index in [9.17, 15) is 4.79 Å². The number of rotatable bonds is 3. The fourth-order valence-corrected chi connectivity index (χ4v) is 3.26. The minimum Gasteiger partial charge on any atom is -0.295 e. The van der Waals surface area contributed by atoms with E-state index >= 15 is 0 Å². The molecule has 0 saturated carbocycles. The van der Waals surface area contributed by atoms with Crippen LogP contribution in [-0.4, -0.2) is 30.3 Å². The van der Waals surface area contributed by atoms with E-state index in [0.717, 1.165) is 29.8 Å². The number of hydrogen-bond acceptors (Lipinski definition) is 2. The lowest BCUT2D eigenvalue weighted by molar-refractivity contribution is 0.0939. The van der Waals surface area contributed by atoms with E-state index in [0.29, 0.717) is 12.0 Å². The van der Waals surface area contributed by atoms with Gasteiger partial charge in [0.1, 0.15) is 0 Å². The molecule has 0 N–H and O–H groups in total. The maximum atomic E-state index is 12.5. The highest BCUT2D eigenvalue weighted by Crippen LogP contribution is 2.29. The molecule has 2 nitrogen and oxygen atoms in total. The monoisotopic (exact) mass is 259 g/mol. The fourth-order valence-electron chi connectivity index (χ4n) is 3.26. The van der Waals surface area contributed by atoms with Crippen LogP contribution in [0.4, 0.5) is 0 Å². The van der Waals surface area contributed by atoms with Crippen LogP contribution in [0.15, 0.2) is 12.1 Å². The predicted molar refractivity (Wildman–Crippen MR) is 79.8 cm³/mol. The molecule has 1 fully saturated rings. The summed E-state index contributed by atoms with van der Waals surface area (Å²) in [5, 5.41) is 0. The van der Waals surface area contributed by atoms with Crippen LogP contribution >= 0.6 is 0 Å². The second-order valence-corrected chi connectivity index (χ2v) is 6.82. The average molecular weight is 259 g/mol. The Morgan fingerprint density at radius 1 is 1.21 bits per heavy atom. The van der Waals surface area contributed by atoms with Crippen molar-refractivity contribution < 1.29 is 4.79 Å². The normalized spacial score (nSPS) is 18.8. The molecule has 1 saturated heterocycles. The number of carbonyl (C=O) groups excluding carboxylic acids is 1. The minimum absolute atomic E-state index is 0.271. The van der Waals surface area contributed by atoms with E-state index < -0.39 is 0 Å². The Bertz CT molecular complexity index is 479. The SMILES string of the molecule is Cc1cc(C)c(C(=O)CN2CCC(C)(C)C2)c(C)c1. The Kier molecular flexibility index (Phi) is 3.82. The van der Waals surface area contributed by atoms with Crippen LogP contribution in [0.1, 0.15) is 47.3 Å². The van der Waals surface area contributed by atoms with Crippen LogP contribution in [-0.2, 0) is 0 Å². The highest BCUT2D eigenvalue weighted by Gasteiger charge is 2.30. The minimum atomic E-state index is 0.271. The number of ketones is 1. The Hall–Kier alpha value is -1.15. The van der Waals surface area contributed by atoms with Crippen molar-refractivity contribution >= 4 is 5.78 Å². The molecule has 0 spiro atoms. The number of hydrogen-bond donors (Lipinski definition) is 0. The molecule has 0 atom stereocenters. The summed E-state index contributed by atoms with van der Waals surface area (Å²) in [6, 6.07) is 4.21. The number of aryl methyl sites for hydroxylation is 3. The average Bonchev–Trinajstić information content (AvgIpc) is 2.56. The van der Waals surface area contributed by atoms with Crippen LogP contribution in [0, 0.1) is 26.2 Å². The molecule has 1 heterocycles. The zero-order chi connectivity index (χ0) is 14.2. The molecule has 19 heavy (non-hydrogen) atoms. The molecule has 0 aromatic heterocycles. The van der Waals surface area contributed by atoms with Crippen molar-refractivity contribution in [1.29, 1.82) is 0 Å². The Labute approximate surface area is 116 Å². The first kappa shape index (κ1) is 14.3. The van der Waals surface area contributed by atoms with E-state index in [1.165, 1.54) is 12.0 Å². The molecular formula is C17H25NO. The lowest BCUT2D eigenvalue weighted by Gasteiger charge is -2.20. The molecule has 1 aliphatic rings. The summed E-state index contributed by atoms with van der Waals surface area (Å²) in [6.07, 6.45) is 1.19. The number of benzene rings is 1. The molecule has 0 amide bonds. The first-order chi connectivity index (χ1) is 8.78. The van der Waals surface area contributed by atoms with Crippen LogP contribution in [0.25, 0.3) is 0 Å². The predicted octanol–water partition coefficient (Wildman–Crippen LogP) is 3.53.